The topological polar surface area (TPSA) is 62.0 Å². The van der Waals surface area contributed by atoms with Gasteiger partial charge in [-0.3, -0.25) is 9.59 Å². The maximum atomic E-state index is 10.4. The summed E-state index contributed by atoms with van der Waals surface area (Å²) in [4.78, 5) is 23.3. The van der Waals surface area contributed by atoms with Crippen LogP contribution in [0.4, 0.5) is 0 Å². The molecule has 1 aromatic heterocycles. The zero-order valence-corrected chi connectivity index (χ0v) is 8.88. The number of hydrogen-bond acceptors (Lipinski definition) is 2. The average Bonchev–Trinajstić information content (AvgIpc) is 2.25. The number of H-pyrrole nitrogens is 1. The highest BCUT2D eigenvalue weighted by Crippen LogP contribution is 1.98. The van der Waals surface area contributed by atoms with Crippen LogP contribution in [-0.2, 0) is 4.79 Å². The van der Waals surface area contributed by atoms with E-state index in [1.165, 1.54) is 6.07 Å². The van der Waals surface area contributed by atoms with E-state index in [2.05, 4.69) is 10.3 Å². The van der Waals surface area contributed by atoms with E-state index in [0.29, 0.717) is 0 Å². The third-order valence-corrected chi connectivity index (χ3v) is 2.09. The number of amides is 1. The molecule has 0 bridgehead atoms. The van der Waals surface area contributed by atoms with E-state index in [9.17, 15) is 9.59 Å². The summed E-state index contributed by atoms with van der Waals surface area (Å²) in [6, 6.07) is 3.29. The van der Waals surface area contributed by atoms with Crippen molar-refractivity contribution in [2.45, 2.75) is 26.2 Å². The highest BCUT2D eigenvalue weighted by molar-refractivity contribution is 5.76. The summed E-state index contributed by atoms with van der Waals surface area (Å²) in [5.41, 5.74) is 1.03. The van der Waals surface area contributed by atoms with Gasteiger partial charge in [0, 0.05) is 25.2 Å². The summed E-state index contributed by atoms with van der Waals surface area (Å²) in [5.74, 6) is 0.214. The first-order chi connectivity index (χ1) is 7.18. The van der Waals surface area contributed by atoms with Crippen molar-refractivity contribution in [1.29, 1.82) is 0 Å². The molecule has 1 aliphatic heterocycles. The molecule has 4 nitrogen and oxygen atoms in total. The van der Waals surface area contributed by atoms with Gasteiger partial charge in [-0.05, 0) is 25.3 Å². The predicted octanol–water partition coefficient (Wildman–Crippen LogP) is 0.970. The second-order valence-electron chi connectivity index (χ2n) is 3.54. The molecule has 0 aliphatic carbocycles. The van der Waals surface area contributed by atoms with Gasteiger partial charge in [-0.2, -0.15) is 0 Å². The van der Waals surface area contributed by atoms with Gasteiger partial charge in [0.15, 0.2) is 0 Å². The number of nitrogens with one attached hydrogen (secondary N) is 2. The number of aromatic nitrogens is 1. The molecular formula is C11H16N2O2. The Morgan fingerprint density at radius 2 is 2.00 bits per heavy atom. The monoisotopic (exact) mass is 208 g/mol. The fourth-order valence-electron chi connectivity index (χ4n) is 1.22. The Balaban J connectivity index is 0.000000151. The molecule has 4 heteroatoms. The van der Waals surface area contributed by atoms with Gasteiger partial charge in [0.2, 0.25) is 11.5 Å². The molecule has 82 valence electrons. The smallest absolute Gasteiger partial charge is 0.247 e. The summed E-state index contributed by atoms with van der Waals surface area (Å²) in [5, 5.41) is 2.74. The van der Waals surface area contributed by atoms with Gasteiger partial charge in [-0.1, -0.05) is 6.07 Å². The number of rotatable bonds is 0. The molecule has 1 fully saturated rings. The van der Waals surface area contributed by atoms with Gasteiger partial charge in [0.05, 0.1) is 0 Å². The number of piperidine rings is 1. The minimum atomic E-state index is -0.0457. The van der Waals surface area contributed by atoms with E-state index in [0.717, 1.165) is 31.4 Å². The maximum absolute atomic E-state index is 10.4. The lowest BCUT2D eigenvalue weighted by Crippen LogP contribution is -2.28. The lowest BCUT2D eigenvalue weighted by Gasteiger charge is -2.08. The van der Waals surface area contributed by atoms with E-state index in [-0.39, 0.29) is 11.5 Å². The Labute approximate surface area is 88.7 Å². The van der Waals surface area contributed by atoms with Crippen LogP contribution in [0.25, 0.3) is 0 Å². The fourth-order valence-corrected chi connectivity index (χ4v) is 1.22. The van der Waals surface area contributed by atoms with Crippen molar-refractivity contribution in [1.82, 2.24) is 10.3 Å². The Hall–Kier alpha value is -1.58. The first-order valence-corrected chi connectivity index (χ1v) is 5.10. The summed E-state index contributed by atoms with van der Waals surface area (Å²) in [6.45, 7) is 2.81. The van der Waals surface area contributed by atoms with Crippen LogP contribution in [0, 0.1) is 6.92 Å². The third-order valence-electron chi connectivity index (χ3n) is 2.09. The predicted molar refractivity (Wildman–Crippen MR) is 58.7 cm³/mol. The minimum absolute atomic E-state index is 0.0457. The van der Waals surface area contributed by atoms with Crippen molar-refractivity contribution < 1.29 is 4.79 Å². The first kappa shape index (κ1) is 11.5. The van der Waals surface area contributed by atoms with Gasteiger partial charge >= 0.3 is 0 Å². The lowest BCUT2D eigenvalue weighted by atomic mass is 10.2. The molecule has 15 heavy (non-hydrogen) atoms. The van der Waals surface area contributed by atoms with Crippen LogP contribution in [0.5, 0.6) is 0 Å². The first-order valence-electron chi connectivity index (χ1n) is 5.10. The van der Waals surface area contributed by atoms with Crippen molar-refractivity contribution in [3.05, 3.63) is 34.2 Å². The molecule has 0 spiro atoms. The highest BCUT2D eigenvalue weighted by atomic mass is 16.1. The Bertz CT molecular complexity index is 343. The number of carbonyl (C=O) groups is 1. The highest BCUT2D eigenvalue weighted by Gasteiger charge is 2.04. The molecule has 1 amide bonds. The van der Waals surface area contributed by atoms with Crippen molar-refractivity contribution in [2.24, 2.45) is 0 Å². The van der Waals surface area contributed by atoms with Crippen LogP contribution in [0.15, 0.2) is 23.1 Å². The molecule has 2 rings (SSSR count). The molecule has 1 aromatic rings. The number of aromatic amines is 1. The molecule has 1 aliphatic rings. The van der Waals surface area contributed by atoms with Gasteiger partial charge in [-0.15, -0.1) is 0 Å². The second-order valence-corrected chi connectivity index (χ2v) is 3.54. The van der Waals surface area contributed by atoms with Crippen molar-refractivity contribution in [2.75, 3.05) is 6.54 Å². The molecule has 0 aromatic carbocycles. The van der Waals surface area contributed by atoms with E-state index in [1.807, 2.05) is 6.92 Å². The standard InChI is InChI=1S/C6H7NO.C5H9NO/c1-5-2-3-6(8)7-4-5;7-5-3-1-2-4-6-5/h2-4H,1H3,(H,7,8);1-4H2,(H,6,7). The number of aryl methyl sites for hydroxylation is 1. The summed E-state index contributed by atoms with van der Waals surface area (Å²) in [6.07, 6.45) is 4.65. The molecule has 0 radical (unpaired) electrons. The van der Waals surface area contributed by atoms with Gasteiger partial charge in [0.25, 0.3) is 0 Å². The minimum Gasteiger partial charge on any atom is -0.356 e. The van der Waals surface area contributed by atoms with Gasteiger partial charge < -0.3 is 10.3 Å². The van der Waals surface area contributed by atoms with Crippen LogP contribution < -0.4 is 10.9 Å². The average molecular weight is 208 g/mol. The lowest BCUT2D eigenvalue weighted by molar-refractivity contribution is -0.122. The zero-order valence-electron chi connectivity index (χ0n) is 8.88. The summed E-state index contributed by atoms with van der Waals surface area (Å²) in [7, 11) is 0. The fraction of sp³-hybridized carbons (Fsp3) is 0.455. The Morgan fingerprint density at radius 1 is 1.20 bits per heavy atom. The molecule has 0 atom stereocenters. The summed E-state index contributed by atoms with van der Waals surface area (Å²) >= 11 is 0. The van der Waals surface area contributed by atoms with E-state index < -0.39 is 0 Å². The van der Waals surface area contributed by atoms with Crippen LogP contribution >= 0.6 is 0 Å². The van der Waals surface area contributed by atoms with Crippen molar-refractivity contribution in [3.8, 4) is 0 Å². The number of pyridine rings is 1. The Morgan fingerprint density at radius 3 is 2.33 bits per heavy atom. The molecule has 1 saturated heterocycles. The van der Waals surface area contributed by atoms with Crippen LogP contribution in [-0.4, -0.2) is 17.4 Å². The van der Waals surface area contributed by atoms with Gasteiger partial charge in [0.1, 0.15) is 0 Å². The maximum Gasteiger partial charge on any atom is 0.247 e. The SMILES string of the molecule is Cc1ccc(=O)[nH]c1.O=C1CCCCN1. The number of hydrogen-bond donors (Lipinski definition) is 2. The quantitative estimate of drug-likeness (QED) is 0.667. The van der Waals surface area contributed by atoms with Crippen LogP contribution in [0.2, 0.25) is 0 Å². The Kier molecular flexibility index (Phi) is 4.60. The second kappa shape index (κ2) is 6.01. The van der Waals surface area contributed by atoms with E-state index in [4.69, 9.17) is 0 Å². The third kappa shape index (κ3) is 5.00. The van der Waals surface area contributed by atoms with Crippen molar-refractivity contribution in [3.63, 3.8) is 0 Å². The molecule has 0 saturated carbocycles. The molecule has 0 unspecified atom stereocenters. The van der Waals surface area contributed by atoms with Gasteiger partial charge in [-0.25, -0.2) is 0 Å². The zero-order chi connectivity index (χ0) is 11.1. The molecule has 2 heterocycles. The molecular weight excluding hydrogens is 192 g/mol. The molecule has 2 N–H and O–H groups in total. The van der Waals surface area contributed by atoms with Crippen LogP contribution in [0.3, 0.4) is 0 Å². The largest absolute Gasteiger partial charge is 0.356 e. The van der Waals surface area contributed by atoms with Crippen LogP contribution in [0.1, 0.15) is 24.8 Å². The van der Waals surface area contributed by atoms with E-state index in [1.54, 1.807) is 12.3 Å². The van der Waals surface area contributed by atoms with E-state index >= 15 is 0 Å². The van der Waals surface area contributed by atoms with Crippen molar-refractivity contribution >= 4 is 5.91 Å². The number of carbonyl (C=O) groups excluding carboxylic acids is 1. The normalized spacial score (nSPS) is 14.9. The summed E-state index contributed by atoms with van der Waals surface area (Å²) < 4.78 is 0.